The fourth-order valence-electron chi connectivity index (χ4n) is 8.82. The van der Waals surface area contributed by atoms with Crippen LogP contribution < -0.4 is 0 Å². The zero-order valence-electron chi connectivity index (χ0n) is 47.7. The largest absolute Gasteiger partial charge is 0.462 e. The molecule has 1 atom stereocenters. The van der Waals surface area contributed by atoms with Gasteiger partial charge in [-0.25, -0.2) is 0 Å². The average molecular weight is 1010 g/mol. The molecule has 0 aliphatic carbocycles. The first-order valence-electron chi connectivity index (χ1n) is 30.9. The molecule has 0 saturated carbocycles. The SMILES string of the molecule is CC/C=C\C/C=C\C/C=C\C/C=C\C/C=C\CCCCCC(=O)OC(COC(=O)CCCCCCC/C=C\CCCCCCC)COC(=O)CCCCCCCCCCCCCCCCCCCCCCC. The summed E-state index contributed by atoms with van der Waals surface area (Å²) in [6.07, 6.45) is 77.6. The Labute approximate surface area is 446 Å². The Morgan fingerprint density at radius 1 is 0.292 bits per heavy atom. The lowest BCUT2D eigenvalue weighted by atomic mass is 10.0. The average Bonchev–Trinajstić information content (AvgIpc) is 3.38. The van der Waals surface area contributed by atoms with Gasteiger partial charge in [0.2, 0.25) is 0 Å². The molecule has 0 aromatic carbocycles. The van der Waals surface area contributed by atoms with Gasteiger partial charge in [-0.05, 0) is 89.9 Å². The van der Waals surface area contributed by atoms with E-state index in [0.29, 0.717) is 19.3 Å². The van der Waals surface area contributed by atoms with Gasteiger partial charge < -0.3 is 14.2 Å². The molecule has 0 fully saturated rings. The highest BCUT2D eigenvalue weighted by molar-refractivity contribution is 5.71. The third-order valence-electron chi connectivity index (χ3n) is 13.4. The van der Waals surface area contributed by atoms with Gasteiger partial charge in [-0.2, -0.15) is 0 Å². The molecule has 0 N–H and O–H groups in total. The minimum Gasteiger partial charge on any atom is -0.462 e. The van der Waals surface area contributed by atoms with Gasteiger partial charge in [0.05, 0.1) is 0 Å². The summed E-state index contributed by atoms with van der Waals surface area (Å²) in [5.74, 6) is -0.917. The molecule has 0 aromatic rings. The third kappa shape index (κ3) is 57.7. The molecule has 1 unspecified atom stereocenters. The Morgan fingerprint density at radius 2 is 0.542 bits per heavy atom. The van der Waals surface area contributed by atoms with Gasteiger partial charge in [0.15, 0.2) is 6.10 Å². The second-order valence-electron chi connectivity index (χ2n) is 20.6. The maximum Gasteiger partial charge on any atom is 0.306 e. The van der Waals surface area contributed by atoms with E-state index >= 15 is 0 Å². The predicted molar refractivity (Wildman–Crippen MR) is 311 cm³/mol. The summed E-state index contributed by atoms with van der Waals surface area (Å²) in [4.78, 5) is 38.2. The minimum atomic E-state index is -0.796. The van der Waals surface area contributed by atoms with Crippen LogP contribution >= 0.6 is 0 Å². The molecule has 6 heteroatoms. The van der Waals surface area contributed by atoms with E-state index in [1.165, 1.54) is 167 Å². The van der Waals surface area contributed by atoms with E-state index in [9.17, 15) is 14.4 Å². The van der Waals surface area contributed by atoms with Gasteiger partial charge in [-0.1, -0.05) is 273 Å². The lowest BCUT2D eigenvalue weighted by Crippen LogP contribution is -2.30. The van der Waals surface area contributed by atoms with E-state index in [4.69, 9.17) is 14.2 Å². The van der Waals surface area contributed by atoms with E-state index in [2.05, 4.69) is 93.7 Å². The zero-order chi connectivity index (χ0) is 52.2. The number of carbonyl (C=O) groups excluding carboxylic acids is 3. The molecule has 0 aromatic heterocycles. The molecule has 416 valence electrons. The van der Waals surface area contributed by atoms with Gasteiger partial charge in [-0.15, -0.1) is 0 Å². The predicted octanol–water partition coefficient (Wildman–Crippen LogP) is 20.9. The Hall–Kier alpha value is -3.15. The van der Waals surface area contributed by atoms with Crippen LogP contribution in [0.25, 0.3) is 0 Å². The van der Waals surface area contributed by atoms with E-state index in [1.54, 1.807) is 0 Å². The molecule has 0 radical (unpaired) electrons. The van der Waals surface area contributed by atoms with E-state index < -0.39 is 6.10 Å². The number of hydrogen-bond donors (Lipinski definition) is 0. The summed E-state index contributed by atoms with van der Waals surface area (Å²) in [5, 5.41) is 0. The van der Waals surface area contributed by atoms with Crippen molar-refractivity contribution in [1.29, 1.82) is 0 Å². The molecular weight excluding hydrogens is 889 g/mol. The van der Waals surface area contributed by atoms with Crippen LogP contribution in [0.4, 0.5) is 0 Å². The van der Waals surface area contributed by atoms with E-state index in [-0.39, 0.29) is 31.1 Å². The van der Waals surface area contributed by atoms with Gasteiger partial charge in [0.1, 0.15) is 13.2 Å². The Kier molecular flexibility index (Phi) is 57.8. The molecule has 0 saturated heterocycles. The van der Waals surface area contributed by atoms with Crippen molar-refractivity contribution in [3.05, 3.63) is 72.9 Å². The van der Waals surface area contributed by atoms with Crippen LogP contribution in [0.2, 0.25) is 0 Å². The van der Waals surface area contributed by atoms with Crippen LogP contribution in [0.1, 0.15) is 310 Å². The molecule has 0 rings (SSSR count). The molecule has 0 spiro atoms. The molecule has 0 aliphatic heterocycles. The fraction of sp³-hybridized carbons (Fsp3) is 0.773. The van der Waals surface area contributed by atoms with Crippen LogP contribution in [0.15, 0.2) is 72.9 Å². The number of esters is 3. The van der Waals surface area contributed by atoms with Gasteiger partial charge in [0, 0.05) is 19.3 Å². The molecule has 0 heterocycles. The summed E-state index contributed by atoms with van der Waals surface area (Å²) in [6.45, 7) is 6.52. The number of ether oxygens (including phenoxy) is 3. The highest BCUT2D eigenvalue weighted by Gasteiger charge is 2.19. The maximum absolute atomic E-state index is 12.9. The monoisotopic (exact) mass is 1000 g/mol. The number of hydrogen-bond acceptors (Lipinski definition) is 6. The quantitative estimate of drug-likeness (QED) is 0.0261. The van der Waals surface area contributed by atoms with Crippen molar-refractivity contribution in [3.8, 4) is 0 Å². The highest BCUT2D eigenvalue weighted by atomic mass is 16.6. The summed E-state index contributed by atoms with van der Waals surface area (Å²) >= 11 is 0. The van der Waals surface area contributed by atoms with Crippen molar-refractivity contribution in [3.63, 3.8) is 0 Å². The minimum absolute atomic E-state index is 0.0888. The van der Waals surface area contributed by atoms with Gasteiger partial charge >= 0.3 is 17.9 Å². The van der Waals surface area contributed by atoms with Crippen molar-refractivity contribution in [2.24, 2.45) is 0 Å². The lowest BCUT2D eigenvalue weighted by molar-refractivity contribution is -0.167. The number of allylic oxidation sites excluding steroid dienone is 12. The molecule has 0 amide bonds. The van der Waals surface area contributed by atoms with Gasteiger partial charge in [-0.3, -0.25) is 14.4 Å². The first-order valence-corrected chi connectivity index (χ1v) is 30.9. The molecule has 0 aliphatic rings. The van der Waals surface area contributed by atoms with Crippen molar-refractivity contribution >= 4 is 17.9 Å². The smallest absolute Gasteiger partial charge is 0.306 e. The van der Waals surface area contributed by atoms with Gasteiger partial charge in [0.25, 0.3) is 0 Å². The second kappa shape index (κ2) is 60.4. The zero-order valence-corrected chi connectivity index (χ0v) is 47.7. The normalized spacial score (nSPS) is 12.5. The first-order chi connectivity index (χ1) is 35.5. The van der Waals surface area contributed by atoms with Crippen LogP contribution in [-0.4, -0.2) is 37.2 Å². The van der Waals surface area contributed by atoms with E-state index in [0.717, 1.165) is 103 Å². The Morgan fingerprint density at radius 3 is 0.875 bits per heavy atom. The van der Waals surface area contributed by atoms with Crippen LogP contribution in [-0.2, 0) is 28.6 Å². The molecular formula is C66H116O6. The molecule has 72 heavy (non-hydrogen) atoms. The topological polar surface area (TPSA) is 78.9 Å². The van der Waals surface area contributed by atoms with Crippen LogP contribution in [0.3, 0.4) is 0 Å². The summed E-state index contributed by atoms with van der Waals surface area (Å²) in [5.41, 5.74) is 0. The second-order valence-corrected chi connectivity index (χ2v) is 20.6. The van der Waals surface area contributed by atoms with Crippen molar-refractivity contribution in [2.75, 3.05) is 13.2 Å². The number of carbonyl (C=O) groups is 3. The summed E-state index contributed by atoms with van der Waals surface area (Å²) in [7, 11) is 0. The Bertz CT molecular complexity index is 1340. The molecule has 6 nitrogen and oxygen atoms in total. The van der Waals surface area contributed by atoms with Crippen LogP contribution in [0.5, 0.6) is 0 Å². The summed E-state index contributed by atoms with van der Waals surface area (Å²) < 4.78 is 16.9. The molecule has 0 bridgehead atoms. The number of unbranched alkanes of at least 4 members (excludes halogenated alkanes) is 33. The summed E-state index contributed by atoms with van der Waals surface area (Å²) in [6, 6.07) is 0. The lowest BCUT2D eigenvalue weighted by Gasteiger charge is -2.18. The highest BCUT2D eigenvalue weighted by Crippen LogP contribution is 2.17. The maximum atomic E-state index is 12.9. The number of rotatable bonds is 56. The van der Waals surface area contributed by atoms with Crippen molar-refractivity contribution in [1.82, 2.24) is 0 Å². The van der Waals surface area contributed by atoms with Crippen LogP contribution in [0, 0.1) is 0 Å². The Balaban J connectivity index is 4.39. The first kappa shape index (κ1) is 68.8. The van der Waals surface area contributed by atoms with Crippen molar-refractivity contribution < 1.29 is 28.6 Å². The standard InChI is InChI=1S/C66H116O6/c1-4-7-10-13-16-19-22-25-28-30-32-33-35-36-38-41-44-47-50-53-56-59-65(68)71-62-63(61-70-64(67)58-55-52-49-46-43-40-27-24-21-18-15-12-9-6-3)72-66(69)60-57-54-51-48-45-42-39-37-34-31-29-26-23-20-17-14-11-8-5-2/h8,11,17,20,24,26-27,29,34,37,42,45,63H,4-7,9-10,12-16,18-19,21-23,25,28,30-33,35-36,38-41,43-44,46-62H2,1-3H3/b11-8-,20-17-,27-24-,29-26-,37-34-,45-42-. The fourth-order valence-corrected chi connectivity index (χ4v) is 8.82. The van der Waals surface area contributed by atoms with E-state index in [1.807, 2.05) is 0 Å². The third-order valence-corrected chi connectivity index (χ3v) is 13.4. The van der Waals surface area contributed by atoms with Crippen molar-refractivity contribution in [2.45, 2.75) is 316 Å².